The Morgan fingerprint density at radius 3 is 2.46 bits per heavy atom. The minimum Gasteiger partial charge on any atom is -0.320 e. The van der Waals surface area contributed by atoms with E-state index in [-0.39, 0.29) is 16.5 Å². The standard InChI is InChI=1S/C19H14ClN3O2S/c1-26-19-21-11-14(20)16(23-19)18(25)22-15-10-6-5-9-13(15)17(24)12-7-3-2-4-8-12/h2-11H,1H3,(H,22,25). The number of aromatic nitrogens is 2. The number of halogens is 1. The van der Waals surface area contributed by atoms with Crippen LogP contribution >= 0.6 is 23.4 Å². The fourth-order valence-corrected chi connectivity index (χ4v) is 2.84. The van der Waals surface area contributed by atoms with Gasteiger partial charge in [-0.2, -0.15) is 0 Å². The van der Waals surface area contributed by atoms with Crippen molar-refractivity contribution in [1.29, 1.82) is 0 Å². The maximum atomic E-state index is 12.7. The van der Waals surface area contributed by atoms with Crippen LogP contribution in [0.2, 0.25) is 5.02 Å². The number of nitrogens with zero attached hydrogens (tertiary/aromatic N) is 2. The lowest BCUT2D eigenvalue weighted by molar-refractivity contribution is 0.102. The smallest absolute Gasteiger partial charge is 0.276 e. The Kier molecular flexibility index (Phi) is 5.65. The van der Waals surface area contributed by atoms with Crippen molar-refractivity contribution in [2.45, 2.75) is 5.16 Å². The topological polar surface area (TPSA) is 72.0 Å². The second-order valence-electron chi connectivity index (χ2n) is 5.25. The van der Waals surface area contributed by atoms with Crippen LogP contribution in [0, 0.1) is 0 Å². The molecule has 0 bridgehead atoms. The zero-order chi connectivity index (χ0) is 18.5. The van der Waals surface area contributed by atoms with Gasteiger partial charge < -0.3 is 5.32 Å². The second-order valence-corrected chi connectivity index (χ2v) is 6.43. The van der Waals surface area contributed by atoms with Gasteiger partial charge in [-0.3, -0.25) is 9.59 Å². The van der Waals surface area contributed by atoms with Crippen molar-refractivity contribution in [2.24, 2.45) is 0 Å². The van der Waals surface area contributed by atoms with Crippen molar-refractivity contribution >= 4 is 40.7 Å². The molecule has 1 N–H and O–H groups in total. The van der Waals surface area contributed by atoms with E-state index >= 15 is 0 Å². The third-order valence-electron chi connectivity index (χ3n) is 3.58. The number of carbonyl (C=O) groups is 2. The van der Waals surface area contributed by atoms with Crippen LogP contribution in [0.25, 0.3) is 0 Å². The first kappa shape index (κ1) is 18.1. The van der Waals surface area contributed by atoms with Crippen LogP contribution < -0.4 is 5.32 Å². The molecule has 26 heavy (non-hydrogen) atoms. The lowest BCUT2D eigenvalue weighted by Gasteiger charge is -2.11. The van der Waals surface area contributed by atoms with E-state index in [0.29, 0.717) is 22.0 Å². The maximum Gasteiger partial charge on any atom is 0.276 e. The minimum absolute atomic E-state index is 0.0629. The molecule has 7 heteroatoms. The van der Waals surface area contributed by atoms with Crippen LogP contribution in [0.4, 0.5) is 5.69 Å². The molecule has 0 aliphatic rings. The average Bonchev–Trinajstić information content (AvgIpc) is 2.69. The van der Waals surface area contributed by atoms with Gasteiger partial charge in [-0.1, -0.05) is 65.8 Å². The summed E-state index contributed by atoms with van der Waals surface area (Å²) in [5.74, 6) is -0.680. The zero-order valence-corrected chi connectivity index (χ0v) is 15.3. The first-order chi connectivity index (χ1) is 12.6. The molecule has 0 spiro atoms. The van der Waals surface area contributed by atoms with E-state index in [1.807, 2.05) is 6.07 Å². The number of carbonyl (C=O) groups excluding carboxylic acids is 2. The summed E-state index contributed by atoms with van der Waals surface area (Å²) in [5, 5.41) is 3.31. The van der Waals surface area contributed by atoms with Gasteiger partial charge in [0.05, 0.1) is 16.9 Å². The molecular formula is C19H14ClN3O2S. The number of amides is 1. The highest BCUT2D eigenvalue weighted by Crippen LogP contribution is 2.22. The van der Waals surface area contributed by atoms with Crippen LogP contribution in [-0.2, 0) is 0 Å². The summed E-state index contributed by atoms with van der Waals surface area (Å²) in [6.07, 6.45) is 3.19. The van der Waals surface area contributed by atoms with Gasteiger partial charge >= 0.3 is 0 Å². The summed E-state index contributed by atoms with van der Waals surface area (Å²) in [6, 6.07) is 15.7. The Balaban J connectivity index is 1.92. The molecule has 1 heterocycles. The predicted octanol–water partition coefficient (Wildman–Crippen LogP) is 4.34. The van der Waals surface area contributed by atoms with E-state index in [4.69, 9.17) is 11.6 Å². The monoisotopic (exact) mass is 383 g/mol. The molecule has 2 aromatic carbocycles. The SMILES string of the molecule is CSc1ncc(Cl)c(C(=O)Nc2ccccc2C(=O)c2ccccc2)n1. The molecule has 1 aromatic heterocycles. The highest BCUT2D eigenvalue weighted by atomic mass is 35.5. The summed E-state index contributed by atoms with van der Waals surface area (Å²) in [6.45, 7) is 0. The number of hydrogen-bond acceptors (Lipinski definition) is 5. The van der Waals surface area contributed by atoms with Crippen LogP contribution in [0.3, 0.4) is 0 Å². The zero-order valence-electron chi connectivity index (χ0n) is 13.8. The lowest BCUT2D eigenvalue weighted by Crippen LogP contribution is -2.17. The normalized spacial score (nSPS) is 10.4. The Morgan fingerprint density at radius 2 is 1.73 bits per heavy atom. The summed E-state index contributed by atoms with van der Waals surface area (Å²) < 4.78 is 0. The molecule has 0 saturated carbocycles. The Labute approximate surface area is 159 Å². The van der Waals surface area contributed by atoms with Crippen LogP contribution in [-0.4, -0.2) is 27.9 Å². The third kappa shape index (κ3) is 3.92. The number of anilines is 1. The van der Waals surface area contributed by atoms with E-state index in [1.165, 1.54) is 18.0 Å². The number of rotatable bonds is 5. The molecule has 1 amide bonds. The molecule has 0 fully saturated rings. The number of thioether (sulfide) groups is 1. The van der Waals surface area contributed by atoms with Crippen molar-refractivity contribution in [1.82, 2.24) is 9.97 Å². The van der Waals surface area contributed by atoms with Gasteiger partial charge in [0.15, 0.2) is 16.6 Å². The first-order valence-corrected chi connectivity index (χ1v) is 9.27. The Bertz CT molecular complexity index is 964. The fraction of sp³-hybridized carbons (Fsp3) is 0.0526. The van der Waals surface area contributed by atoms with Gasteiger partial charge in [0, 0.05) is 11.1 Å². The fourth-order valence-electron chi connectivity index (χ4n) is 2.33. The quantitative estimate of drug-likeness (QED) is 0.403. The molecule has 5 nitrogen and oxygen atoms in total. The largest absolute Gasteiger partial charge is 0.320 e. The lowest BCUT2D eigenvalue weighted by atomic mass is 10.0. The van der Waals surface area contributed by atoms with Gasteiger partial charge in [0.25, 0.3) is 5.91 Å². The molecule has 3 rings (SSSR count). The van der Waals surface area contributed by atoms with Crippen molar-refractivity contribution in [2.75, 3.05) is 11.6 Å². The van der Waals surface area contributed by atoms with E-state index < -0.39 is 5.91 Å². The number of hydrogen-bond donors (Lipinski definition) is 1. The maximum absolute atomic E-state index is 12.7. The molecule has 0 unspecified atom stereocenters. The van der Waals surface area contributed by atoms with E-state index in [2.05, 4.69) is 15.3 Å². The van der Waals surface area contributed by atoms with E-state index in [1.54, 1.807) is 54.8 Å². The summed E-state index contributed by atoms with van der Waals surface area (Å²) >= 11 is 7.36. The van der Waals surface area contributed by atoms with Gasteiger partial charge in [-0.25, -0.2) is 9.97 Å². The van der Waals surface area contributed by atoms with Gasteiger partial charge in [-0.05, 0) is 18.4 Å². The summed E-state index contributed by atoms with van der Waals surface area (Å²) in [7, 11) is 0. The average molecular weight is 384 g/mol. The van der Waals surface area contributed by atoms with Gasteiger partial charge in [-0.15, -0.1) is 0 Å². The highest BCUT2D eigenvalue weighted by Gasteiger charge is 2.18. The number of nitrogens with one attached hydrogen (secondary N) is 1. The second kappa shape index (κ2) is 8.12. The summed E-state index contributed by atoms with van der Waals surface area (Å²) in [5.41, 5.74) is 1.39. The van der Waals surface area contributed by atoms with E-state index in [9.17, 15) is 9.59 Å². The van der Waals surface area contributed by atoms with Crippen molar-refractivity contribution in [3.63, 3.8) is 0 Å². The Hall–Kier alpha value is -2.70. The molecule has 0 aliphatic heterocycles. The van der Waals surface area contributed by atoms with Crippen LogP contribution in [0.15, 0.2) is 66.0 Å². The predicted molar refractivity (Wildman–Crippen MR) is 103 cm³/mol. The molecule has 0 radical (unpaired) electrons. The first-order valence-electron chi connectivity index (χ1n) is 7.67. The molecule has 130 valence electrons. The summed E-state index contributed by atoms with van der Waals surface area (Å²) in [4.78, 5) is 33.5. The molecule has 3 aromatic rings. The van der Waals surface area contributed by atoms with Crippen molar-refractivity contribution in [3.8, 4) is 0 Å². The molecule has 0 saturated heterocycles. The number of para-hydroxylation sites is 1. The molecule has 0 atom stereocenters. The van der Waals surface area contributed by atoms with E-state index in [0.717, 1.165) is 0 Å². The minimum atomic E-state index is -0.499. The molecular weight excluding hydrogens is 370 g/mol. The number of ketones is 1. The van der Waals surface area contributed by atoms with Gasteiger partial charge in [0.1, 0.15) is 0 Å². The Morgan fingerprint density at radius 1 is 1.04 bits per heavy atom. The van der Waals surface area contributed by atoms with Crippen molar-refractivity contribution < 1.29 is 9.59 Å². The van der Waals surface area contributed by atoms with Gasteiger partial charge in [0.2, 0.25) is 0 Å². The molecule has 0 aliphatic carbocycles. The van der Waals surface area contributed by atoms with Crippen LogP contribution in [0.1, 0.15) is 26.4 Å². The highest BCUT2D eigenvalue weighted by molar-refractivity contribution is 7.98. The third-order valence-corrected chi connectivity index (χ3v) is 4.41. The van der Waals surface area contributed by atoms with Crippen molar-refractivity contribution in [3.05, 3.63) is 82.6 Å². The van der Waals surface area contributed by atoms with Crippen LogP contribution in [0.5, 0.6) is 0 Å². The number of benzene rings is 2.